The summed E-state index contributed by atoms with van der Waals surface area (Å²) in [7, 11) is 1.96. The standard InChI is InChI=1S/C22H25N7/c1-14-4-5-15(2)18(6-14)21-17(7-25-27-21)10-29-11-19(16-8-26-28(3)9-16)22-20(12-29)23-13-24-22/h4-9,13,19H,10-12H2,1-3H3,(H,23,24)(H,25,27). The lowest BCUT2D eigenvalue weighted by Gasteiger charge is -2.31. The maximum Gasteiger partial charge on any atom is 0.0925 e. The largest absolute Gasteiger partial charge is 0.347 e. The van der Waals surface area contributed by atoms with Crippen molar-refractivity contribution in [1.29, 1.82) is 0 Å². The number of benzene rings is 1. The molecule has 0 fully saturated rings. The Morgan fingerprint density at radius 2 is 2.10 bits per heavy atom. The summed E-state index contributed by atoms with van der Waals surface area (Å²) in [5.41, 5.74) is 9.57. The first-order chi connectivity index (χ1) is 14.1. The Balaban J connectivity index is 1.45. The van der Waals surface area contributed by atoms with E-state index in [0.29, 0.717) is 0 Å². The summed E-state index contributed by atoms with van der Waals surface area (Å²) in [4.78, 5) is 10.4. The Morgan fingerprint density at radius 3 is 2.93 bits per heavy atom. The van der Waals surface area contributed by atoms with Crippen LogP contribution < -0.4 is 0 Å². The molecule has 29 heavy (non-hydrogen) atoms. The molecule has 148 valence electrons. The van der Waals surface area contributed by atoms with Crippen LogP contribution in [0.2, 0.25) is 0 Å². The van der Waals surface area contributed by atoms with Crippen molar-refractivity contribution in [3.63, 3.8) is 0 Å². The van der Waals surface area contributed by atoms with E-state index < -0.39 is 0 Å². The Hall–Kier alpha value is -3.19. The molecule has 1 atom stereocenters. The molecule has 1 aliphatic heterocycles. The van der Waals surface area contributed by atoms with Gasteiger partial charge in [-0.05, 0) is 25.5 Å². The fourth-order valence-corrected chi connectivity index (χ4v) is 4.31. The van der Waals surface area contributed by atoms with E-state index in [2.05, 4.69) is 68.4 Å². The summed E-state index contributed by atoms with van der Waals surface area (Å²) >= 11 is 0. The van der Waals surface area contributed by atoms with Gasteiger partial charge in [0.1, 0.15) is 0 Å². The predicted molar refractivity (Wildman–Crippen MR) is 111 cm³/mol. The third kappa shape index (κ3) is 3.27. The lowest BCUT2D eigenvalue weighted by molar-refractivity contribution is 0.228. The van der Waals surface area contributed by atoms with E-state index in [1.54, 1.807) is 6.33 Å². The van der Waals surface area contributed by atoms with Crippen LogP contribution in [0, 0.1) is 13.8 Å². The zero-order valence-corrected chi connectivity index (χ0v) is 17.0. The van der Waals surface area contributed by atoms with Gasteiger partial charge in [-0.15, -0.1) is 0 Å². The number of rotatable bonds is 4. The number of fused-ring (bicyclic) bond motifs is 1. The summed E-state index contributed by atoms with van der Waals surface area (Å²) in [6.45, 7) is 6.86. The van der Waals surface area contributed by atoms with Crippen LogP contribution in [-0.2, 0) is 20.1 Å². The Kier molecular flexibility index (Phi) is 4.32. The average Bonchev–Trinajstić information content (AvgIpc) is 3.44. The zero-order chi connectivity index (χ0) is 20.0. The van der Waals surface area contributed by atoms with Crippen molar-refractivity contribution in [3.05, 3.63) is 76.8 Å². The van der Waals surface area contributed by atoms with Crippen molar-refractivity contribution in [2.45, 2.75) is 32.9 Å². The van der Waals surface area contributed by atoms with E-state index in [0.717, 1.165) is 31.0 Å². The van der Waals surface area contributed by atoms with Gasteiger partial charge in [0.2, 0.25) is 0 Å². The van der Waals surface area contributed by atoms with Crippen LogP contribution in [-0.4, -0.2) is 41.4 Å². The predicted octanol–water partition coefficient (Wildman–Crippen LogP) is 3.30. The van der Waals surface area contributed by atoms with E-state index in [-0.39, 0.29) is 5.92 Å². The highest BCUT2D eigenvalue weighted by Gasteiger charge is 2.30. The van der Waals surface area contributed by atoms with Crippen LogP contribution in [0.5, 0.6) is 0 Å². The summed E-state index contributed by atoms with van der Waals surface area (Å²) in [5, 5.41) is 12.0. The van der Waals surface area contributed by atoms with Gasteiger partial charge in [-0.2, -0.15) is 10.2 Å². The van der Waals surface area contributed by atoms with Crippen LogP contribution >= 0.6 is 0 Å². The molecule has 5 rings (SSSR count). The van der Waals surface area contributed by atoms with Gasteiger partial charge in [-0.3, -0.25) is 14.7 Å². The highest BCUT2D eigenvalue weighted by molar-refractivity contribution is 5.67. The third-order valence-electron chi connectivity index (χ3n) is 5.81. The Bertz CT molecular complexity index is 1150. The first kappa shape index (κ1) is 17.9. The van der Waals surface area contributed by atoms with E-state index in [4.69, 9.17) is 0 Å². The first-order valence-corrected chi connectivity index (χ1v) is 9.91. The summed E-state index contributed by atoms with van der Waals surface area (Å²) in [6.07, 6.45) is 7.80. The lowest BCUT2D eigenvalue weighted by Crippen LogP contribution is -2.33. The SMILES string of the molecule is Cc1ccc(C)c(-c2[nH]ncc2CN2Cc3[nH]cnc3C(c3cnn(C)c3)C2)c1. The number of aromatic nitrogens is 6. The van der Waals surface area contributed by atoms with Crippen molar-refractivity contribution in [1.82, 2.24) is 34.8 Å². The number of imidazole rings is 1. The first-order valence-electron chi connectivity index (χ1n) is 9.91. The Labute approximate surface area is 169 Å². The second-order valence-corrected chi connectivity index (χ2v) is 8.02. The molecule has 4 heterocycles. The number of hydrogen-bond donors (Lipinski definition) is 2. The van der Waals surface area contributed by atoms with E-state index in [1.807, 2.05) is 24.1 Å². The molecule has 7 nitrogen and oxygen atoms in total. The molecule has 2 N–H and O–H groups in total. The van der Waals surface area contributed by atoms with Crippen LogP contribution in [0.3, 0.4) is 0 Å². The van der Waals surface area contributed by atoms with Gasteiger partial charge in [0.05, 0.1) is 35.8 Å². The highest BCUT2D eigenvalue weighted by Crippen LogP contribution is 2.33. The topological polar surface area (TPSA) is 78.4 Å². The fraction of sp³-hybridized carbons (Fsp3) is 0.318. The van der Waals surface area contributed by atoms with Gasteiger partial charge in [0, 0.05) is 55.5 Å². The second-order valence-electron chi connectivity index (χ2n) is 8.02. The molecular weight excluding hydrogens is 362 g/mol. The maximum atomic E-state index is 4.60. The minimum Gasteiger partial charge on any atom is -0.347 e. The van der Waals surface area contributed by atoms with Gasteiger partial charge in [0.25, 0.3) is 0 Å². The van der Waals surface area contributed by atoms with Crippen molar-refractivity contribution in [3.8, 4) is 11.3 Å². The molecule has 0 saturated carbocycles. The number of hydrogen-bond acceptors (Lipinski definition) is 4. The maximum absolute atomic E-state index is 4.60. The molecule has 0 aliphatic carbocycles. The second kappa shape index (κ2) is 7.00. The number of nitrogens with zero attached hydrogens (tertiary/aromatic N) is 5. The van der Waals surface area contributed by atoms with Crippen LogP contribution in [0.4, 0.5) is 0 Å². The molecule has 0 bridgehead atoms. The third-order valence-corrected chi connectivity index (χ3v) is 5.81. The van der Waals surface area contributed by atoms with Gasteiger partial charge in [-0.1, -0.05) is 17.7 Å². The molecule has 0 spiro atoms. The van der Waals surface area contributed by atoms with Gasteiger partial charge in [0.15, 0.2) is 0 Å². The summed E-state index contributed by atoms with van der Waals surface area (Å²) in [6, 6.07) is 6.55. The van der Waals surface area contributed by atoms with Crippen molar-refractivity contribution < 1.29 is 0 Å². The zero-order valence-electron chi connectivity index (χ0n) is 17.0. The molecule has 1 unspecified atom stereocenters. The molecule has 0 amide bonds. The van der Waals surface area contributed by atoms with E-state index >= 15 is 0 Å². The van der Waals surface area contributed by atoms with Crippen LogP contribution in [0.25, 0.3) is 11.3 Å². The molecule has 0 radical (unpaired) electrons. The van der Waals surface area contributed by atoms with Crippen LogP contribution in [0.1, 0.15) is 39.6 Å². The molecule has 7 heteroatoms. The van der Waals surface area contributed by atoms with Crippen molar-refractivity contribution in [2.75, 3.05) is 6.54 Å². The molecular formula is C22H25N7. The van der Waals surface area contributed by atoms with Crippen LogP contribution in [0.15, 0.2) is 43.1 Å². The minimum atomic E-state index is 0.217. The van der Waals surface area contributed by atoms with E-state index in [9.17, 15) is 0 Å². The lowest BCUT2D eigenvalue weighted by atomic mass is 9.92. The van der Waals surface area contributed by atoms with E-state index in [1.165, 1.54) is 33.5 Å². The highest BCUT2D eigenvalue weighted by atomic mass is 15.2. The van der Waals surface area contributed by atoms with Gasteiger partial charge in [-0.25, -0.2) is 4.98 Å². The molecule has 3 aromatic heterocycles. The van der Waals surface area contributed by atoms with Crippen molar-refractivity contribution >= 4 is 0 Å². The number of nitrogens with one attached hydrogen (secondary N) is 2. The quantitative estimate of drug-likeness (QED) is 0.563. The van der Waals surface area contributed by atoms with Crippen molar-refractivity contribution in [2.24, 2.45) is 7.05 Å². The number of aryl methyl sites for hydroxylation is 3. The molecule has 1 aromatic carbocycles. The Morgan fingerprint density at radius 1 is 1.21 bits per heavy atom. The number of aromatic amines is 2. The molecule has 0 saturated heterocycles. The summed E-state index contributed by atoms with van der Waals surface area (Å²) in [5.74, 6) is 0.217. The minimum absolute atomic E-state index is 0.217. The monoisotopic (exact) mass is 387 g/mol. The smallest absolute Gasteiger partial charge is 0.0925 e. The number of H-pyrrole nitrogens is 2. The average molecular weight is 387 g/mol. The fourth-order valence-electron chi connectivity index (χ4n) is 4.31. The molecule has 1 aliphatic rings. The summed E-state index contributed by atoms with van der Waals surface area (Å²) < 4.78 is 1.86. The van der Waals surface area contributed by atoms with Gasteiger partial charge >= 0.3 is 0 Å². The molecule has 4 aromatic rings. The van der Waals surface area contributed by atoms with Gasteiger partial charge < -0.3 is 4.98 Å². The normalized spacial score (nSPS) is 16.9.